The number of rotatable bonds is 6. The second-order valence-electron chi connectivity index (χ2n) is 11.5. The van der Waals surface area contributed by atoms with Crippen LogP contribution in [0.2, 0.25) is 0 Å². The van der Waals surface area contributed by atoms with Crippen LogP contribution in [0.5, 0.6) is 11.5 Å². The third-order valence-corrected chi connectivity index (χ3v) is 6.67. The molecule has 5 rings (SSSR count). The van der Waals surface area contributed by atoms with E-state index in [0.29, 0.717) is 40.5 Å². The predicted molar refractivity (Wildman–Crippen MR) is 161 cm³/mol. The molecule has 1 fully saturated rings. The van der Waals surface area contributed by atoms with Crippen molar-refractivity contribution in [1.29, 1.82) is 0 Å². The van der Waals surface area contributed by atoms with E-state index in [2.05, 4.69) is 9.98 Å². The lowest BCUT2D eigenvalue weighted by atomic mass is 10.0. The summed E-state index contributed by atoms with van der Waals surface area (Å²) in [5, 5.41) is 10.8. The molecule has 0 saturated carbocycles. The smallest absolute Gasteiger partial charge is 0.410 e. The van der Waals surface area contributed by atoms with Crippen LogP contribution in [-0.2, 0) is 4.74 Å². The highest BCUT2D eigenvalue weighted by Crippen LogP contribution is 2.32. The molecule has 3 heterocycles. The van der Waals surface area contributed by atoms with Gasteiger partial charge in [0.2, 0.25) is 0 Å². The third-order valence-electron chi connectivity index (χ3n) is 6.67. The van der Waals surface area contributed by atoms with E-state index >= 15 is 0 Å². The number of amides is 1. The molecule has 42 heavy (non-hydrogen) atoms. The summed E-state index contributed by atoms with van der Waals surface area (Å²) in [4.78, 5) is 39.5. The average Bonchev–Trinajstić information content (AvgIpc) is 3.24. The molecule has 0 aliphatic carbocycles. The number of fused-ring (bicyclic) bond motifs is 1. The average molecular weight is 573 g/mol. The highest BCUT2D eigenvalue weighted by atomic mass is 16.6. The van der Waals surface area contributed by atoms with Gasteiger partial charge in [0.15, 0.2) is 5.82 Å². The summed E-state index contributed by atoms with van der Waals surface area (Å²) in [6.07, 6.45) is 2.16. The summed E-state index contributed by atoms with van der Waals surface area (Å²) in [7, 11) is 3.70. The van der Waals surface area contributed by atoms with Gasteiger partial charge >= 0.3 is 11.8 Å². The molecule has 0 spiro atoms. The van der Waals surface area contributed by atoms with E-state index in [1.807, 2.05) is 44.4 Å². The molecular weight excluding hydrogens is 536 g/mol. The van der Waals surface area contributed by atoms with Crippen molar-refractivity contribution in [2.75, 3.05) is 27.2 Å². The molecule has 4 aromatic rings. The Kier molecular flexibility index (Phi) is 8.04. The van der Waals surface area contributed by atoms with E-state index < -0.39 is 23.8 Å². The van der Waals surface area contributed by atoms with Gasteiger partial charge in [-0.1, -0.05) is 18.2 Å². The van der Waals surface area contributed by atoms with Crippen LogP contribution in [0.3, 0.4) is 0 Å². The molecule has 1 aliphatic heterocycles. The van der Waals surface area contributed by atoms with Crippen molar-refractivity contribution in [2.45, 2.75) is 44.9 Å². The second kappa shape index (κ2) is 11.7. The van der Waals surface area contributed by atoms with Gasteiger partial charge < -0.3 is 24.4 Å². The van der Waals surface area contributed by atoms with E-state index in [1.54, 1.807) is 77.7 Å². The van der Waals surface area contributed by atoms with Crippen LogP contribution in [0, 0.1) is 0 Å². The molecular formula is C31H36N6O5. The zero-order chi connectivity index (χ0) is 30.0. The normalized spacial score (nSPS) is 17.5. The molecule has 11 heteroatoms. The van der Waals surface area contributed by atoms with Crippen LogP contribution in [0.4, 0.5) is 10.6 Å². The standard InChI is InChI=1S/C31H36N6O5/c1-31(2,3)42-30(40)35-18-22(17-23(38)19-35)36-26-15-16-32-28(33-20-34(4)5)27(26)37(29(36)39)21-11-13-25(14-12-21)41-24-9-7-6-8-10-24/h6-16,20,22-23,38H,17-19H2,1-5H3/t22-,23-/m1/s1. The number of aliphatic hydroxyl groups is 1. The fourth-order valence-corrected chi connectivity index (χ4v) is 5.00. The molecule has 1 N–H and O–H groups in total. The van der Waals surface area contributed by atoms with Gasteiger partial charge in [-0.2, -0.15) is 0 Å². The highest BCUT2D eigenvalue weighted by Gasteiger charge is 2.35. The summed E-state index contributed by atoms with van der Waals surface area (Å²) < 4.78 is 14.7. The van der Waals surface area contributed by atoms with Crippen molar-refractivity contribution in [1.82, 2.24) is 23.9 Å². The van der Waals surface area contributed by atoms with Crippen LogP contribution in [0.1, 0.15) is 33.2 Å². The number of ether oxygens (including phenoxy) is 2. The zero-order valence-corrected chi connectivity index (χ0v) is 24.5. The van der Waals surface area contributed by atoms with Crippen molar-refractivity contribution in [3.05, 3.63) is 77.3 Å². The number of hydrogen-bond donors (Lipinski definition) is 1. The Balaban J connectivity index is 1.60. The Bertz CT molecular complexity index is 1640. The second-order valence-corrected chi connectivity index (χ2v) is 11.5. The minimum atomic E-state index is -0.830. The Labute approximate surface area is 244 Å². The number of aliphatic hydroxyl groups excluding tert-OH is 1. The van der Waals surface area contributed by atoms with Crippen LogP contribution in [-0.4, -0.2) is 80.3 Å². The van der Waals surface area contributed by atoms with E-state index in [9.17, 15) is 14.7 Å². The number of aliphatic imine (C=N–C) groups is 1. The quantitative estimate of drug-likeness (QED) is 0.262. The van der Waals surface area contributed by atoms with Crippen molar-refractivity contribution in [3.8, 4) is 17.2 Å². The molecule has 11 nitrogen and oxygen atoms in total. The van der Waals surface area contributed by atoms with Crippen LogP contribution >= 0.6 is 0 Å². The van der Waals surface area contributed by atoms with Crippen molar-refractivity contribution in [2.24, 2.45) is 4.99 Å². The van der Waals surface area contributed by atoms with Crippen LogP contribution in [0.25, 0.3) is 16.7 Å². The van der Waals surface area contributed by atoms with Crippen LogP contribution < -0.4 is 10.4 Å². The number of imidazole rings is 1. The van der Waals surface area contributed by atoms with Crippen LogP contribution in [0.15, 0.2) is 76.6 Å². The van der Waals surface area contributed by atoms with Gasteiger partial charge in [0.05, 0.1) is 36.2 Å². The van der Waals surface area contributed by atoms with E-state index in [0.717, 1.165) is 0 Å². The van der Waals surface area contributed by atoms with Gasteiger partial charge in [0.25, 0.3) is 0 Å². The Morgan fingerprint density at radius 2 is 1.74 bits per heavy atom. The van der Waals surface area contributed by atoms with Gasteiger partial charge in [0, 0.05) is 26.8 Å². The van der Waals surface area contributed by atoms with E-state index in [4.69, 9.17) is 9.47 Å². The lowest BCUT2D eigenvalue weighted by Gasteiger charge is -2.36. The number of piperidine rings is 1. The number of likely N-dealkylation sites (tertiary alicyclic amines) is 1. The summed E-state index contributed by atoms with van der Waals surface area (Å²) in [6, 6.07) is 17.9. The first kappa shape index (κ1) is 28.9. The summed E-state index contributed by atoms with van der Waals surface area (Å²) in [6.45, 7) is 5.70. The first-order valence-electron chi connectivity index (χ1n) is 13.8. The molecule has 0 unspecified atom stereocenters. The Morgan fingerprint density at radius 3 is 2.40 bits per heavy atom. The summed E-state index contributed by atoms with van der Waals surface area (Å²) in [5.41, 5.74) is 0.677. The maximum Gasteiger partial charge on any atom is 0.410 e. The lowest BCUT2D eigenvalue weighted by Crippen LogP contribution is -2.49. The van der Waals surface area contributed by atoms with Gasteiger partial charge in [-0.25, -0.2) is 19.6 Å². The Hall–Kier alpha value is -4.64. The van der Waals surface area contributed by atoms with Gasteiger partial charge in [-0.05, 0) is 69.7 Å². The van der Waals surface area contributed by atoms with Crippen molar-refractivity contribution in [3.63, 3.8) is 0 Å². The number of hydrogen-bond acceptors (Lipinski definition) is 7. The van der Waals surface area contributed by atoms with Gasteiger partial charge in [-0.3, -0.25) is 9.13 Å². The van der Waals surface area contributed by atoms with Gasteiger partial charge in [0.1, 0.15) is 22.6 Å². The highest BCUT2D eigenvalue weighted by molar-refractivity contribution is 5.88. The molecule has 2 aromatic heterocycles. The molecule has 2 aromatic carbocycles. The van der Waals surface area contributed by atoms with Crippen molar-refractivity contribution < 1.29 is 19.4 Å². The number of benzene rings is 2. The largest absolute Gasteiger partial charge is 0.457 e. The molecule has 1 saturated heterocycles. The SMILES string of the molecule is CN(C)C=Nc1nccc2c1n(-c1ccc(Oc3ccccc3)cc1)c(=O)n2[C@@H]1C[C@@H](O)CN(C(=O)OC(C)(C)C)C1. The number of β-amino-alcohol motifs (C(OH)–C–C–N with tert-alkyl or cyclic N) is 1. The number of carbonyl (C=O) groups excluding carboxylic acids is 1. The number of aromatic nitrogens is 3. The Morgan fingerprint density at radius 1 is 1.05 bits per heavy atom. The lowest BCUT2D eigenvalue weighted by molar-refractivity contribution is -0.00568. The first-order valence-corrected chi connectivity index (χ1v) is 13.8. The van der Waals surface area contributed by atoms with E-state index in [-0.39, 0.29) is 18.8 Å². The molecule has 0 radical (unpaired) electrons. The number of carbonyl (C=O) groups is 1. The minimum Gasteiger partial charge on any atom is -0.457 e. The fourth-order valence-electron chi connectivity index (χ4n) is 5.00. The summed E-state index contributed by atoms with van der Waals surface area (Å²) >= 11 is 0. The molecule has 1 aliphatic rings. The predicted octanol–water partition coefficient (Wildman–Crippen LogP) is 4.74. The third kappa shape index (κ3) is 6.31. The van der Waals surface area contributed by atoms with Gasteiger partial charge in [-0.15, -0.1) is 0 Å². The molecule has 0 bridgehead atoms. The fraction of sp³-hybridized carbons (Fsp3) is 0.355. The van der Waals surface area contributed by atoms with Crippen molar-refractivity contribution >= 4 is 29.3 Å². The monoisotopic (exact) mass is 572 g/mol. The number of nitrogens with zero attached hydrogens (tertiary/aromatic N) is 6. The number of pyridine rings is 1. The molecule has 2 atom stereocenters. The van der Waals surface area contributed by atoms with E-state index in [1.165, 1.54) is 4.90 Å². The molecule has 220 valence electrons. The zero-order valence-electron chi connectivity index (χ0n) is 24.5. The maximum atomic E-state index is 14.3. The number of para-hydroxylation sites is 1. The first-order chi connectivity index (χ1) is 20.0. The molecule has 1 amide bonds. The minimum absolute atomic E-state index is 0.127. The maximum absolute atomic E-state index is 14.3. The topological polar surface area (TPSA) is 114 Å². The summed E-state index contributed by atoms with van der Waals surface area (Å²) in [5.74, 6) is 1.69.